The molecule has 0 aliphatic rings. The molecule has 6 nitrogen and oxygen atoms in total. The first-order chi connectivity index (χ1) is 10.1. The molecule has 0 aliphatic carbocycles. The number of nitrogens with one attached hydrogen (secondary N) is 1. The van der Waals surface area contributed by atoms with Gasteiger partial charge in [-0.2, -0.15) is 5.10 Å². The molecule has 0 aliphatic heterocycles. The van der Waals surface area contributed by atoms with Crippen molar-refractivity contribution in [1.29, 1.82) is 0 Å². The summed E-state index contributed by atoms with van der Waals surface area (Å²) in [5.41, 5.74) is 1.10. The molecule has 2 unspecified atom stereocenters. The number of benzene rings is 1. The molecule has 0 saturated heterocycles. The average molecular weight is 290 g/mol. The van der Waals surface area contributed by atoms with Crippen LogP contribution in [-0.4, -0.2) is 35.0 Å². The minimum Gasteiger partial charge on any atom is -0.497 e. The van der Waals surface area contributed by atoms with Gasteiger partial charge in [-0.25, -0.2) is 4.98 Å². The second-order valence-corrected chi connectivity index (χ2v) is 5.01. The molecule has 114 valence electrons. The van der Waals surface area contributed by atoms with Gasteiger partial charge in [-0.3, -0.25) is 4.68 Å². The van der Waals surface area contributed by atoms with Crippen molar-refractivity contribution in [3.63, 3.8) is 0 Å². The molecule has 1 N–H and O–H groups in total. The van der Waals surface area contributed by atoms with Gasteiger partial charge in [0.25, 0.3) is 0 Å². The summed E-state index contributed by atoms with van der Waals surface area (Å²) in [6, 6.07) is 6.28. The molecule has 1 heterocycles. The monoisotopic (exact) mass is 290 g/mol. The van der Waals surface area contributed by atoms with Crippen LogP contribution in [0.5, 0.6) is 11.5 Å². The van der Waals surface area contributed by atoms with E-state index in [2.05, 4.69) is 29.2 Å². The Bertz CT molecular complexity index is 557. The Balaban J connectivity index is 2.03. The van der Waals surface area contributed by atoms with Gasteiger partial charge in [-0.1, -0.05) is 6.07 Å². The lowest BCUT2D eigenvalue weighted by Crippen LogP contribution is -2.33. The molecule has 0 spiro atoms. The molecular formula is C15H22N4O2. The van der Waals surface area contributed by atoms with Gasteiger partial charge in [-0.15, -0.1) is 0 Å². The van der Waals surface area contributed by atoms with E-state index in [1.165, 1.54) is 0 Å². The van der Waals surface area contributed by atoms with Gasteiger partial charge in [0, 0.05) is 23.7 Å². The number of methoxy groups -OCH3 is 2. The Hall–Kier alpha value is -2.08. The quantitative estimate of drug-likeness (QED) is 0.845. The van der Waals surface area contributed by atoms with Crippen LogP contribution in [0.3, 0.4) is 0 Å². The van der Waals surface area contributed by atoms with Crippen molar-refractivity contribution >= 4 is 0 Å². The fourth-order valence-corrected chi connectivity index (χ4v) is 2.35. The van der Waals surface area contributed by atoms with E-state index in [1.807, 2.05) is 22.9 Å². The highest BCUT2D eigenvalue weighted by Gasteiger charge is 2.15. The predicted octanol–water partition coefficient (Wildman–Crippen LogP) is 2.03. The maximum absolute atomic E-state index is 5.45. The fraction of sp³-hybridized carbons (Fsp3) is 0.467. The number of hydrogen-bond donors (Lipinski definition) is 1. The SMILES string of the molecule is COc1ccc(C(C)NC(C)Cn2cncn2)c(OC)c1. The van der Waals surface area contributed by atoms with Gasteiger partial charge >= 0.3 is 0 Å². The summed E-state index contributed by atoms with van der Waals surface area (Å²) in [5.74, 6) is 1.61. The van der Waals surface area contributed by atoms with Crippen LogP contribution in [0, 0.1) is 0 Å². The minimum absolute atomic E-state index is 0.157. The van der Waals surface area contributed by atoms with Gasteiger partial charge in [0.2, 0.25) is 0 Å². The van der Waals surface area contributed by atoms with E-state index in [4.69, 9.17) is 9.47 Å². The van der Waals surface area contributed by atoms with E-state index in [1.54, 1.807) is 26.9 Å². The summed E-state index contributed by atoms with van der Waals surface area (Å²) in [6.45, 7) is 5.00. The molecule has 2 atom stereocenters. The van der Waals surface area contributed by atoms with Crippen LogP contribution < -0.4 is 14.8 Å². The maximum atomic E-state index is 5.45. The summed E-state index contributed by atoms with van der Waals surface area (Å²) >= 11 is 0. The minimum atomic E-state index is 0.157. The van der Waals surface area contributed by atoms with Crippen molar-refractivity contribution in [3.8, 4) is 11.5 Å². The van der Waals surface area contributed by atoms with Gasteiger partial charge in [0.1, 0.15) is 24.2 Å². The third-order valence-corrected chi connectivity index (χ3v) is 3.37. The van der Waals surface area contributed by atoms with Gasteiger partial charge < -0.3 is 14.8 Å². The number of hydrogen-bond acceptors (Lipinski definition) is 5. The van der Waals surface area contributed by atoms with E-state index in [9.17, 15) is 0 Å². The summed E-state index contributed by atoms with van der Waals surface area (Å²) in [5, 5.41) is 7.65. The Morgan fingerprint density at radius 2 is 2.05 bits per heavy atom. The molecule has 21 heavy (non-hydrogen) atoms. The second-order valence-electron chi connectivity index (χ2n) is 5.01. The largest absolute Gasteiger partial charge is 0.497 e. The molecule has 1 aromatic carbocycles. The lowest BCUT2D eigenvalue weighted by Gasteiger charge is -2.22. The fourth-order valence-electron chi connectivity index (χ4n) is 2.35. The van der Waals surface area contributed by atoms with Crippen LogP contribution in [0.25, 0.3) is 0 Å². The topological polar surface area (TPSA) is 61.2 Å². The molecule has 0 fully saturated rings. The maximum Gasteiger partial charge on any atom is 0.137 e. The van der Waals surface area contributed by atoms with Crippen LogP contribution in [-0.2, 0) is 6.54 Å². The number of aromatic nitrogens is 3. The van der Waals surface area contributed by atoms with E-state index < -0.39 is 0 Å². The van der Waals surface area contributed by atoms with Crippen LogP contribution in [0.15, 0.2) is 30.9 Å². The van der Waals surface area contributed by atoms with Gasteiger partial charge in [0.15, 0.2) is 0 Å². The standard InChI is InChI=1S/C15H22N4O2/c1-11(8-19-10-16-9-17-19)18-12(2)14-6-5-13(20-3)7-15(14)21-4/h5-7,9-12,18H,8H2,1-4H3. The predicted molar refractivity (Wildman–Crippen MR) is 80.6 cm³/mol. The molecule has 6 heteroatoms. The number of rotatable bonds is 7. The van der Waals surface area contributed by atoms with Crippen LogP contribution >= 0.6 is 0 Å². The Kier molecular flexibility index (Phi) is 5.16. The molecule has 2 rings (SSSR count). The van der Waals surface area contributed by atoms with Crippen LogP contribution in [0.1, 0.15) is 25.5 Å². The second kappa shape index (κ2) is 7.08. The Morgan fingerprint density at radius 1 is 1.24 bits per heavy atom. The highest BCUT2D eigenvalue weighted by molar-refractivity contribution is 5.42. The number of nitrogens with zero attached hydrogens (tertiary/aromatic N) is 3. The third-order valence-electron chi connectivity index (χ3n) is 3.37. The molecular weight excluding hydrogens is 268 g/mol. The zero-order valence-corrected chi connectivity index (χ0v) is 12.9. The molecule has 0 amide bonds. The lowest BCUT2D eigenvalue weighted by molar-refractivity contribution is 0.374. The van der Waals surface area contributed by atoms with Crippen LogP contribution in [0.4, 0.5) is 0 Å². The van der Waals surface area contributed by atoms with Crippen molar-refractivity contribution in [3.05, 3.63) is 36.4 Å². The number of ether oxygens (including phenoxy) is 2. The molecule has 2 aromatic rings. The summed E-state index contributed by atoms with van der Waals surface area (Å²) in [7, 11) is 3.32. The zero-order valence-electron chi connectivity index (χ0n) is 12.9. The summed E-state index contributed by atoms with van der Waals surface area (Å²) < 4.78 is 12.5. The van der Waals surface area contributed by atoms with E-state index in [-0.39, 0.29) is 12.1 Å². The summed E-state index contributed by atoms with van der Waals surface area (Å²) in [6.07, 6.45) is 3.26. The molecule has 0 bridgehead atoms. The first kappa shape index (κ1) is 15.3. The van der Waals surface area contributed by atoms with E-state index >= 15 is 0 Å². The molecule has 0 radical (unpaired) electrons. The van der Waals surface area contributed by atoms with Crippen molar-refractivity contribution in [2.24, 2.45) is 0 Å². The zero-order chi connectivity index (χ0) is 15.2. The highest BCUT2D eigenvalue weighted by atomic mass is 16.5. The molecule has 0 saturated carbocycles. The smallest absolute Gasteiger partial charge is 0.137 e. The highest BCUT2D eigenvalue weighted by Crippen LogP contribution is 2.29. The van der Waals surface area contributed by atoms with Crippen molar-refractivity contribution in [2.75, 3.05) is 14.2 Å². The van der Waals surface area contributed by atoms with E-state index in [0.29, 0.717) is 0 Å². The first-order valence-corrected chi connectivity index (χ1v) is 6.94. The lowest BCUT2D eigenvalue weighted by atomic mass is 10.1. The van der Waals surface area contributed by atoms with Crippen molar-refractivity contribution in [1.82, 2.24) is 20.1 Å². The van der Waals surface area contributed by atoms with E-state index in [0.717, 1.165) is 23.6 Å². The Morgan fingerprint density at radius 3 is 2.67 bits per heavy atom. The summed E-state index contributed by atoms with van der Waals surface area (Å²) in [4.78, 5) is 3.95. The molecule has 1 aromatic heterocycles. The van der Waals surface area contributed by atoms with Gasteiger partial charge in [0.05, 0.1) is 20.8 Å². The normalized spacial score (nSPS) is 13.7. The average Bonchev–Trinajstić information content (AvgIpc) is 2.99. The van der Waals surface area contributed by atoms with Crippen LogP contribution in [0.2, 0.25) is 0 Å². The van der Waals surface area contributed by atoms with Crippen molar-refractivity contribution < 1.29 is 9.47 Å². The Labute approximate surface area is 125 Å². The van der Waals surface area contributed by atoms with Crippen molar-refractivity contribution in [2.45, 2.75) is 32.5 Å². The first-order valence-electron chi connectivity index (χ1n) is 6.94. The third kappa shape index (κ3) is 3.95. The van der Waals surface area contributed by atoms with Gasteiger partial charge in [-0.05, 0) is 19.9 Å².